The van der Waals surface area contributed by atoms with Gasteiger partial charge in [-0.25, -0.2) is 0 Å². The van der Waals surface area contributed by atoms with Gasteiger partial charge in [-0.05, 0) is 24.3 Å². The van der Waals surface area contributed by atoms with Crippen molar-refractivity contribution < 1.29 is 4.74 Å². The molecule has 0 aliphatic carbocycles. The molecule has 0 saturated heterocycles. The van der Waals surface area contributed by atoms with E-state index in [1.54, 1.807) is 24.3 Å². The maximum Gasteiger partial charge on any atom is 0.174 e. The number of rotatable bonds is 2. The van der Waals surface area contributed by atoms with Crippen molar-refractivity contribution in [2.75, 3.05) is 6.61 Å². The van der Waals surface area contributed by atoms with E-state index in [9.17, 15) is 0 Å². The second kappa shape index (κ2) is 4.00. The summed E-state index contributed by atoms with van der Waals surface area (Å²) < 4.78 is 4.98. The number of benzene rings is 1. The molecular weight excluding hydrogens is 152 g/mol. The summed E-state index contributed by atoms with van der Waals surface area (Å²) in [5.41, 5.74) is 0.583. The average Bonchev–Trinajstić information content (AvgIpc) is 2.15. The normalized spacial score (nSPS) is 8.17. The third-order valence-electron chi connectivity index (χ3n) is 1.29. The molecule has 0 atom stereocenters. The monoisotopic (exact) mass is 158 g/mol. The molecule has 1 aromatic carbocycles. The molecule has 12 heavy (non-hydrogen) atoms. The van der Waals surface area contributed by atoms with E-state index in [0.29, 0.717) is 11.3 Å². The quantitative estimate of drug-likeness (QED) is 0.654. The van der Waals surface area contributed by atoms with Gasteiger partial charge in [0.05, 0.1) is 11.6 Å². The summed E-state index contributed by atoms with van der Waals surface area (Å²) in [6, 6.07) is 10.5. The van der Waals surface area contributed by atoms with Crippen LogP contribution in [0.3, 0.4) is 0 Å². The van der Waals surface area contributed by atoms with Gasteiger partial charge >= 0.3 is 0 Å². The van der Waals surface area contributed by atoms with Crippen molar-refractivity contribution in [1.82, 2.24) is 0 Å². The molecule has 0 aliphatic heterocycles. The standard InChI is InChI=1S/C9H6N2O/c10-5-6-12-9-3-1-8(7-11)2-4-9/h1-4H,6H2. The van der Waals surface area contributed by atoms with Crippen LogP contribution in [0.15, 0.2) is 24.3 Å². The Morgan fingerprint density at radius 1 is 1.17 bits per heavy atom. The molecule has 0 unspecified atom stereocenters. The SMILES string of the molecule is N#CCOc1ccc(C#N)cc1. The van der Waals surface area contributed by atoms with Gasteiger partial charge in [0.15, 0.2) is 6.61 Å². The molecule has 58 valence electrons. The van der Waals surface area contributed by atoms with Gasteiger partial charge in [0.2, 0.25) is 0 Å². The van der Waals surface area contributed by atoms with Crippen LogP contribution in [-0.4, -0.2) is 6.61 Å². The van der Waals surface area contributed by atoms with Crippen LogP contribution >= 0.6 is 0 Å². The minimum absolute atomic E-state index is 0.0336. The van der Waals surface area contributed by atoms with Gasteiger partial charge in [0.25, 0.3) is 0 Å². The largest absolute Gasteiger partial charge is 0.479 e. The fourth-order valence-electron chi connectivity index (χ4n) is 0.741. The molecule has 0 fully saturated rings. The summed E-state index contributed by atoms with van der Waals surface area (Å²) in [7, 11) is 0. The van der Waals surface area contributed by atoms with E-state index in [0.717, 1.165) is 0 Å². The maximum atomic E-state index is 8.46. The van der Waals surface area contributed by atoms with Crippen LogP contribution in [0.25, 0.3) is 0 Å². The first kappa shape index (κ1) is 8.10. The summed E-state index contributed by atoms with van der Waals surface area (Å²) in [6.45, 7) is 0.0336. The highest BCUT2D eigenvalue weighted by Crippen LogP contribution is 2.10. The molecule has 3 nitrogen and oxygen atoms in total. The summed E-state index contributed by atoms with van der Waals surface area (Å²) in [5.74, 6) is 0.607. The molecule has 0 bridgehead atoms. The van der Waals surface area contributed by atoms with Crippen LogP contribution in [0.2, 0.25) is 0 Å². The Hall–Kier alpha value is -2.00. The van der Waals surface area contributed by atoms with Crippen LogP contribution in [0.1, 0.15) is 5.56 Å². The Morgan fingerprint density at radius 3 is 2.33 bits per heavy atom. The first-order chi connectivity index (χ1) is 5.86. The molecule has 1 aromatic rings. The van der Waals surface area contributed by atoms with E-state index >= 15 is 0 Å². The Labute approximate surface area is 70.4 Å². The zero-order valence-electron chi connectivity index (χ0n) is 6.32. The number of nitrogens with zero attached hydrogens (tertiary/aromatic N) is 2. The van der Waals surface area contributed by atoms with Crippen molar-refractivity contribution in [2.45, 2.75) is 0 Å². The number of hydrogen-bond donors (Lipinski definition) is 0. The summed E-state index contributed by atoms with van der Waals surface area (Å²) in [6.07, 6.45) is 0. The Morgan fingerprint density at radius 2 is 1.83 bits per heavy atom. The van der Waals surface area contributed by atoms with Crippen molar-refractivity contribution in [1.29, 1.82) is 10.5 Å². The van der Waals surface area contributed by atoms with Crippen molar-refractivity contribution in [3.8, 4) is 17.9 Å². The topological polar surface area (TPSA) is 56.8 Å². The van der Waals surface area contributed by atoms with Gasteiger partial charge < -0.3 is 4.74 Å². The van der Waals surface area contributed by atoms with E-state index in [1.165, 1.54) is 0 Å². The second-order valence-electron chi connectivity index (χ2n) is 2.08. The Bertz CT molecular complexity index is 329. The lowest BCUT2D eigenvalue weighted by Crippen LogP contribution is -1.92. The summed E-state index contributed by atoms with van der Waals surface area (Å²) >= 11 is 0. The first-order valence-corrected chi connectivity index (χ1v) is 3.36. The molecular formula is C9H6N2O. The fourth-order valence-corrected chi connectivity index (χ4v) is 0.741. The highest BCUT2D eigenvalue weighted by atomic mass is 16.5. The smallest absolute Gasteiger partial charge is 0.174 e. The number of ether oxygens (including phenoxy) is 1. The van der Waals surface area contributed by atoms with Crippen LogP contribution in [0, 0.1) is 22.7 Å². The average molecular weight is 158 g/mol. The molecule has 0 aromatic heterocycles. The Balaban J connectivity index is 2.68. The molecule has 0 amide bonds. The van der Waals surface area contributed by atoms with E-state index in [2.05, 4.69) is 0 Å². The molecule has 3 heteroatoms. The number of nitriles is 2. The molecule has 0 heterocycles. The fraction of sp³-hybridized carbons (Fsp3) is 0.111. The minimum atomic E-state index is 0.0336. The molecule has 1 rings (SSSR count). The third kappa shape index (κ3) is 2.00. The van der Waals surface area contributed by atoms with Gasteiger partial charge in [0, 0.05) is 0 Å². The van der Waals surface area contributed by atoms with Crippen molar-refractivity contribution in [3.63, 3.8) is 0 Å². The van der Waals surface area contributed by atoms with Gasteiger partial charge in [-0.1, -0.05) is 0 Å². The Kier molecular flexibility index (Phi) is 2.70. The maximum absolute atomic E-state index is 8.46. The zero-order valence-corrected chi connectivity index (χ0v) is 6.32. The van der Waals surface area contributed by atoms with Gasteiger partial charge in [-0.2, -0.15) is 10.5 Å². The van der Waals surface area contributed by atoms with Crippen LogP contribution in [0.5, 0.6) is 5.75 Å². The molecule has 0 spiro atoms. The molecule has 0 aliphatic rings. The van der Waals surface area contributed by atoms with Crippen molar-refractivity contribution in [2.24, 2.45) is 0 Å². The van der Waals surface area contributed by atoms with Gasteiger partial charge in [0.1, 0.15) is 11.8 Å². The van der Waals surface area contributed by atoms with Crippen molar-refractivity contribution in [3.05, 3.63) is 29.8 Å². The predicted octanol–water partition coefficient (Wildman–Crippen LogP) is 1.46. The minimum Gasteiger partial charge on any atom is -0.479 e. The molecule has 0 N–H and O–H groups in total. The third-order valence-corrected chi connectivity index (χ3v) is 1.29. The van der Waals surface area contributed by atoms with Crippen LogP contribution in [0.4, 0.5) is 0 Å². The van der Waals surface area contributed by atoms with Crippen molar-refractivity contribution >= 4 is 0 Å². The van der Waals surface area contributed by atoms with E-state index < -0.39 is 0 Å². The highest BCUT2D eigenvalue weighted by Gasteiger charge is 1.92. The second-order valence-corrected chi connectivity index (χ2v) is 2.08. The lowest BCUT2D eigenvalue weighted by molar-refractivity contribution is 0.368. The molecule has 0 saturated carbocycles. The van der Waals surface area contributed by atoms with Gasteiger partial charge in [-0.3, -0.25) is 0 Å². The van der Waals surface area contributed by atoms with E-state index in [1.807, 2.05) is 12.1 Å². The van der Waals surface area contributed by atoms with Gasteiger partial charge in [-0.15, -0.1) is 0 Å². The lowest BCUT2D eigenvalue weighted by Gasteiger charge is -1.99. The molecule has 0 radical (unpaired) electrons. The predicted molar refractivity (Wildman–Crippen MR) is 42.3 cm³/mol. The highest BCUT2D eigenvalue weighted by molar-refractivity contribution is 5.34. The van der Waals surface area contributed by atoms with E-state index in [-0.39, 0.29) is 6.61 Å². The van der Waals surface area contributed by atoms with Crippen LogP contribution in [-0.2, 0) is 0 Å². The summed E-state index contributed by atoms with van der Waals surface area (Å²) in [4.78, 5) is 0. The number of hydrogen-bond acceptors (Lipinski definition) is 3. The lowest BCUT2D eigenvalue weighted by atomic mass is 10.2. The van der Waals surface area contributed by atoms with Crippen LogP contribution < -0.4 is 4.74 Å². The first-order valence-electron chi connectivity index (χ1n) is 3.36. The van der Waals surface area contributed by atoms with E-state index in [4.69, 9.17) is 15.3 Å². The summed E-state index contributed by atoms with van der Waals surface area (Å²) in [5, 5.41) is 16.7. The zero-order chi connectivity index (χ0) is 8.81.